The highest BCUT2D eigenvalue weighted by Crippen LogP contribution is 2.33. The van der Waals surface area contributed by atoms with Crippen LogP contribution in [0.2, 0.25) is 0 Å². The quantitative estimate of drug-likeness (QED) is 0.0493. The van der Waals surface area contributed by atoms with E-state index in [4.69, 9.17) is 9.26 Å². The lowest BCUT2D eigenvalue weighted by Gasteiger charge is -2.16. The van der Waals surface area contributed by atoms with Gasteiger partial charge in [0.15, 0.2) is 6.16 Å². The van der Waals surface area contributed by atoms with E-state index in [2.05, 4.69) is 21.3 Å². The summed E-state index contributed by atoms with van der Waals surface area (Å²) in [5, 5.41) is 12.4. The molecule has 3 rings (SSSR count). The summed E-state index contributed by atoms with van der Waals surface area (Å²) < 4.78 is 22.9. The summed E-state index contributed by atoms with van der Waals surface area (Å²) in [6.45, 7) is 2.73. The molecule has 4 atom stereocenters. The zero-order valence-electron chi connectivity index (χ0n) is 27.5. The number of amides is 4. The van der Waals surface area contributed by atoms with Crippen LogP contribution in [0, 0.1) is 0 Å². The molecule has 2 saturated heterocycles. The fourth-order valence-corrected chi connectivity index (χ4v) is 8.20. The van der Waals surface area contributed by atoms with Gasteiger partial charge >= 0.3 is 14.1 Å². The predicted molar refractivity (Wildman–Crippen MR) is 185 cm³/mol. The number of hydrogen-bond acceptors (Lipinski definition) is 7. The minimum Gasteiger partial charge on any atom is -0.374 e. The molecule has 1 aromatic rings. The largest absolute Gasteiger partial charge is 0.508 e. The molecule has 0 bridgehead atoms. The van der Waals surface area contributed by atoms with Crippen LogP contribution in [0.25, 0.3) is 0 Å². The number of carbonyl (C=O) groups excluding carboxylic acids is 3. The van der Waals surface area contributed by atoms with Gasteiger partial charge in [-0.15, -0.1) is 4.52 Å². The van der Waals surface area contributed by atoms with Gasteiger partial charge in [-0.3, -0.25) is 9.59 Å². The van der Waals surface area contributed by atoms with E-state index in [-0.39, 0.29) is 29.9 Å². The minimum absolute atomic E-state index is 0.0515. The number of rotatable bonds is 27. The van der Waals surface area contributed by atoms with Gasteiger partial charge in [-0.25, -0.2) is 4.79 Å². The van der Waals surface area contributed by atoms with Crippen molar-refractivity contribution in [3.8, 4) is 0 Å². The van der Waals surface area contributed by atoms with Crippen LogP contribution >= 0.6 is 19.8 Å². The van der Waals surface area contributed by atoms with Crippen molar-refractivity contribution >= 4 is 37.6 Å². The summed E-state index contributed by atoms with van der Waals surface area (Å²) in [6, 6.07) is 10.4. The Kier molecular flexibility index (Phi) is 20.0. The van der Waals surface area contributed by atoms with Crippen molar-refractivity contribution in [1.29, 1.82) is 0 Å². The monoisotopic (exact) mass is 679 g/mol. The maximum Gasteiger partial charge on any atom is 0.508 e. The van der Waals surface area contributed by atoms with Crippen LogP contribution in [-0.4, -0.2) is 73.4 Å². The van der Waals surface area contributed by atoms with Crippen molar-refractivity contribution in [3.05, 3.63) is 35.9 Å². The summed E-state index contributed by atoms with van der Waals surface area (Å²) in [4.78, 5) is 35.6. The van der Waals surface area contributed by atoms with Gasteiger partial charge in [-0.1, -0.05) is 62.4 Å². The molecule has 0 radical (unpaired) electrons. The van der Waals surface area contributed by atoms with Crippen molar-refractivity contribution in [1.82, 2.24) is 21.3 Å². The Bertz CT molecular complexity index is 1040. The van der Waals surface area contributed by atoms with E-state index in [1.54, 1.807) is 0 Å². The SMILES string of the molecule is O=C(CCCCCCCCC[P+](=O)OCCOCc1ccccc1)NCCCCCNC(=O)CCCC[C@@H]1SC[C@@H]2NC(=O)N[C@@H]21. The van der Waals surface area contributed by atoms with Crippen LogP contribution in [0.3, 0.4) is 0 Å². The summed E-state index contributed by atoms with van der Waals surface area (Å²) in [7, 11) is -1.61. The summed E-state index contributed by atoms with van der Waals surface area (Å²) in [6.07, 6.45) is 14.8. The zero-order chi connectivity index (χ0) is 32.7. The standard InChI is InChI=1S/C34H55N4O6PS/c39-31(19-10-4-2-1-3-5-15-25-45(42)44-24-23-43-26-28-16-8-6-9-17-28)35-21-13-7-14-22-36-32(40)20-12-11-18-30-33-29(27-46-30)37-34(41)38-33/h6,8-9,16-17,29-30,33H,1-5,7,10-15,18-27H2,(H3-,35,36,37,38,39,40,41)/p+1/t29-,30-,33-/m0/s1. The van der Waals surface area contributed by atoms with Gasteiger partial charge in [0.25, 0.3) is 0 Å². The fraction of sp³-hybridized carbons (Fsp3) is 0.735. The Hall–Kier alpha value is -2.20. The number of hydrogen-bond donors (Lipinski definition) is 4. The number of carbonyl (C=O) groups is 3. The van der Waals surface area contributed by atoms with E-state index in [1.165, 1.54) is 0 Å². The van der Waals surface area contributed by atoms with Gasteiger partial charge in [-0.05, 0) is 61.5 Å². The van der Waals surface area contributed by atoms with Gasteiger partial charge in [0.2, 0.25) is 11.8 Å². The first-order chi connectivity index (χ1) is 22.5. The Balaban J connectivity index is 0.991. The van der Waals surface area contributed by atoms with Crippen LogP contribution in [-0.2, 0) is 30.0 Å². The maximum absolute atomic E-state index is 12.1. The van der Waals surface area contributed by atoms with Crippen LogP contribution in [0.5, 0.6) is 0 Å². The Morgan fingerprint density at radius 1 is 0.804 bits per heavy atom. The summed E-state index contributed by atoms with van der Waals surface area (Å²) in [5.41, 5.74) is 1.12. The lowest BCUT2D eigenvalue weighted by molar-refractivity contribution is -0.121. The highest BCUT2D eigenvalue weighted by Gasteiger charge is 2.42. The van der Waals surface area contributed by atoms with Crippen molar-refractivity contribution < 1.29 is 28.2 Å². The van der Waals surface area contributed by atoms with E-state index in [9.17, 15) is 18.9 Å². The highest BCUT2D eigenvalue weighted by atomic mass is 32.2. The minimum atomic E-state index is -1.61. The summed E-state index contributed by atoms with van der Waals surface area (Å²) in [5.74, 6) is 1.21. The third-order valence-electron chi connectivity index (χ3n) is 8.40. The van der Waals surface area contributed by atoms with E-state index in [0.29, 0.717) is 57.2 Å². The average Bonchev–Trinajstić information content (AvgIpc) is 3.61. The molecule has 46 heavy (non-hydrogen) atoms. The lowest BCUT2D eigenvalue weighted by atomic mass is 10.0. The van der Waals surface area contributed by atoms with Gasteiger partial charge in [0.05, 0.1) is 25.3 Å². The number of ether oxygens (including phenoxy) is 1. The van der Waals surface area contributed by atoms with Gasteiger partial charge < -0.3 is 26.0 Å². The molecule has 1 aromatic carbocycles. The van der Waals surface area contributed by atoms with Crippen LogP contribution in [0.4, 0.5) is 4.79 Å². The molecule has 0 aliphatic carbocycles. The molecule has 4 N–H and O–H groups in total. The smallest absolute Gasteiger partial charge is 0.374 e. The second-order valence-electron chi connectivity index (χ2n) is 12.3. The Morgan fingerprint density at radius 3 is 2.15 bits per heavy atom. The first-order valence-corrected chi connectivity index (χ1v) is 19.8. The second kappa shape index (κ2) is 24.0. The molecule has 2 heterocycles. The number of unbranched alkanes of at least 4 members (excludes halogenated alkanes) is 9. The predicted octanol–water partition coefficient (Wildman–Crippen LogP) is 6.21. The molecule has 0 spiro atoms. The molecule has 0 aromatic heterocycles. The molecule has 258 valence electrons. The van der Waals surface area contributed by atoms with Crippen LogP contribution in [0.15, 0.2) is 30.3 Å². The van der Waals surface area contributed by atoms with Crippen LogP contribution in [0.1, 0.15) is 102 Å². The molecule has 4 amide bonds. The normalized spacial score (nSPS) is 18.9. The van der Waals surface area contributed by atoms with Gasteiger partial charge in [0.1, 0.15) is 6.61 Å². The van der Waals surface area contributed by atoms with Gasteiger partial charge in [-0.2, -0.15) is 11.8 Å². The number of thioether (sulfide) groups is 1. The lowest BCUT2D eigenvalue weighted by Crippen LogP contribution is -2.36. The van der Waals surface area contributed by atoms with E-state index in [0.717, 1.165) is 94.8 Å². The van der Waals surface area contributed by atoms with E-state index < -0.39 is 8.03 Å². The van der Waals surface area contributed by atoms with Crippen LogP contribution < -0.4 is 21.3 Å². The van der Waals surface area contributed by atoms with Crippen molar-refractivity contribution in [3.63, 3.8) is 0 Å². The molecular weight excluding hydrogens is 623 g/mol. The van der Waals surface area contributed by atoms with Crippen molar-refractivity contribution in [2.24, 2.45) is 0 Å². The number of urea groups is 1. The first-order valence-electron chi connectivity index (χ1n) is 17.4. The molecule has 12 heteroatoms. The number of benzene rings is 1. The third kappa shape index (κ3) is 17.1. The third-order valence-corrected chi connectivity index (χ3v) is 11.1. The summed E-state index contributed by atoms with van der Waals surface area (Å²) >= 11 is 1.91. The number of fused-ring (bicyclic) bond motifs is 1. The molecule has 10 nitrogen and oxygen atoms in total. The molecule has 0 saturated carbocycles. The second-order valence-corrected chi connectivity index (χ2v) is 14.9. The number of nitrogens with one attached hydrogen (secondary N) is 4. The maximum atomic E-state index is 12.1. The molecule has 2 fully saturated rings. The van der Waals surface area contributed by atoms with Crippen molar-refractivity contribution in [2.75, 3.05) is 38.2 Å². The van der Waals surface area contributed by atoms with E-state index in [1.807, 2.05) is 42.1 Å². The van der Waals surface area contributed by atoms with Gasteiger partial charge in [0, 0.05) is 36.9 Å². The highest BCUT2D eigenvalue weighted by molar-refractivity contribution is 8.00. The zero-order valence-corrected chi connectivity index (χ0v) is 29.2. The average molecular weight is 680 g/mol. The fourth-order valence-electron chi connectivity index (χ4n) is 5.77. The van der Waals surface area contributed by atoms with Crippen molar-refractivity contribution in [2.45, 2.75) is 120 Å². The first kappa shape index (κ1) is 38.2. The Labute approximate surface area is 280 Å². The van der Waals surface area contributed by atoms with E-state index >= 15 is 0 Å². The molecule has 1 unspecified atom stereocenters. The topological polar surface area (TPSA) is 135 Å². The molecule has 2 aliphatic heterocycles. The molecular formula is C34H56N4O6PS+. The Morgan fingerprint density at radius 2 is 1.43 bits per heavy atom. The molecule has 2 aliphatic rings.